The van der Waals surface area contributed by atoms with Crippen molar-refractivity contribution in [3.05, 3.63) is 107 Å². The molecule has 5 aromatic rings. The first-order valence-corrected chi connectivity index (χ1v) is 15.3. The summed E-state index contributed by atoms with van der Waals surface area (Å²) < 4.78 is 113. The highest BCUT2D eigenvalue weighted by Gasteiger charge is 2.40. The molecule has 2 heterocycles. The molecule has 9 nitrogen and oxygen atoms in total. The average Bonchev–Trinajstić information content (AvgIpc) is 3.45. The predicted molar refractivity (Wildman–Crippen MR) is 173 cm³/mol. The summed E-state index contributed by atoms with van der Waals surface area (Å²) in [5, 5.41) is 4.24. The number of hydrogen-bond acceptors (Lipinski definition) is 7. The van der Waals surface area contributed by atoms with Crippen molar-refractivity contribution in [1.82, 2.24) is 9.61 Å². The van der Waals surface area contributed by atoms with Gasteiger partial charge in [0.1, 0.15) is 35.0 Å². The van der Waals surface area contributed by atoms with Gasteiger partial charge >= 0.3 is 6.09 Å². The quantitative estimate of drug-likeness (QED) is 0.106. The summed E-state index contributed by atoms with van der Waals surface area (Å²) in [4.78, 5) is 27.8. The Labute approximate surface area is 287 Å². The predicted octanol–water partition coefficient (Wildman–Crippen LogP) is 8.76. The van der Waals surface area contributed by atoms with Gasteiger partial charge in [0.2, 0.25) is 5.88 Å². The van der Waals surface area contributed by atoms with Crippen LogP contribution in [-0.4, -0.2) is 46.9 Å². The molecule has 0 saturated carbocycles. The van der Waals surface area contributed by atoms with E-state index in [2.05, 4.69) is 5.10 Å². The Bertz CT molecular complexity index is 2060. The summed E-state index contributed by atoms with van der Waals surface area (Å²) in [6, 6.07) is 15.4. The maximum absolute atomic E-state index is 16.1. The van der Waals surface area contributed by atoms with Gasteiger partial charge in [-0.3, -0.25) is 4.79 Å². The van der Waals surface area contributed by atoms with E-state index >= 15 is 17.6 Å². The minimum Gasteiger partial charge on any atom is -0.497 e. The summed E-state index contributed by atoms with van der Waals surface area (Å²) in [6.07, 6.45) is -0.247. The molecule has 5 rings (SSSR count). The first-order chi connectivity index (χ1) is 24.0. The molecular formula is C36H31F6N3O6. The number of amides is 2. The van der Waals surface area contributed by atoms with E-state index in [-0.39, 0.29) is 28.7 Å². The van der Waals surface area contributed by atoms with Gasteiger partial charge in [0.05, 0.1) is 18.2 Å². The lowest BCUT2D eigenvalue weighted by atomic mass is 10.0. The lowest BCUT2D eigenvalue weighted by Gasteiger charge is -2.27. The lowest BCUT2D eigenvalue weighted by Crippen LogP contribution is -2.42. The molecule has 51 heavy (non-hydrogen) atoms. The van der Waals surface area contributed by atoms with E-state index in [9.17, 15) is 18.4 Å². The minimum absolute atomic E-state index is 0.00800. The molecule has 0 radical (unpaired) electrons. The number of carbonyl (C=O) groups excluding carboxylic acids is 2. The molecule has 0 fully saturated rings. The van der Waals surface area contributed by atoms with Crippen molar-refractivity contribution < 1.29 is 54.9 Å². The molecule has 0 bridgehead atoms. The number of imide groups is 1. The van der Waals surface area contributed by atoms with E-state index in [1.54, 1.807) is 30.3 Å². The molecule has 0 unspecified atom stereocenters. The number of alkyl halides is 2. The van der Waals surface area contributed by atoms with Crippen LogP contribution >= 0.6 is 0 Å². The number of rotatable bonds is 10. The zero-order valence-corrected chi connectivity index (χ0v) is 27.9. The maximum Gasteiger partial charge on any atom is 0.422 e. The Hall–Kier alpha value is -5.73. The van der Waals surface area contributed by atoms with E-state index < -0.39 is 75.8 Å². The number of methoxy groups -OCH3 is 1. The van der Waals surface area contributed by atoms with Crippen LogP contribution in [0.15, 0.2) is 72.9 Å². The fourth-order valence-corrected chi connectivity index (χ4v) is 4.87. The van der Waals surface area contributed by atoms with Crippen LogP contribution in [0.25, 0.3) is 16.6 Å². The number of anilines is 1. The second-order valence-electron chi connectivity index (χ2n) is 12.3. The van der Waals surface area contributed by atoms with Crippen molar-refractivity contribution in [2.45, 2.75) is 45.8 Å². The molecule has 2 amide bonds. The topological polar surface area (TPSA) is 91.6 Å². The Morgan fingerprint density at radius 2 is 1.49 bits per heavy atom. The normalized spacial score (nSPS) is 11.7. The first kappa shape index (κ1) is 36.5. The summed E-state index contributed by atoms with van der Waals surface area (Å²) in [5.74, 6) is -13.1. The Balaban J connectivity index is 1.63. The SMILES string of the molecule is COc1ccc(COc2nn3ccccc3c2C(=O)N(C(=O)OC(C)(C)C)c2c(F)c(F)c(-c3cccc(OCC(C)(F)F)c3)c(F)c2F)cc1. The molecule has 15 heteroatoms. The monoisotopic (exact) mass is 715 g/mol. The molecule has 0 spiro atoms. The summed E-state index contributed by atoms with van der Waals surface area (Å²) >= 11 is 0. The average molecular weight is 716 g/mol. The van der Waals surface area contributed by atoms with Crippen LogP contribution < -0.4 is 19.1 Å². The molecule has 2 aromatic heterocycles. The molecule has 0 N–H and O–H groups in total. The van der Waals surface area contributed by atoms with E-state index in [0.717, 1.165) is 18.2 Å². The summed E-state index contributed by atoms with van der Waals surface area (Å²) in [7, 11) is 1.49. The standard InChI is InChI=1S/C36H31F6N3O6/c1-35(2,3)51-34(47)45(31-29(39)27(37)25(28(38)30(31)40)21-9-8-10-23(17-21)50-19-36(4,41)42)33(46)26-24-11-6-7-16-44(24)43-32(26)49-18-20-12-14-22(48-5)15-13-20/h6-17H,18-19H2,1-5H3. The van der Waals surface area contributed by atoms with Crippen LogP contribution in [0.1, 0.15) is 43.6 Å². The Morgan fingerprint density at radius 1 is 0.824 bits per heavy atom. The number of halogens is 6. The van der Waals surface area contributed by atoms with Crippen LogP contribution in [0.3, 0.4) is 0 Å². The van der Waals surface area contributed by atoms with Crippen LogP contribution in [0, 0.1) is 23.3 Å². The maximum atomic E-state index is 16.1. The number of ether oxygens (including phenoxy) is 4. The third kappa shape index (κ3) is 8.03. The second kappa shape index (κ2) is 14.2. The number of aromatic nitrogens is 2. The van der Waals surface area contributed by atoms with Gasteiger partial charge in [-0.05, 0) is 68.3 Å². The minimum atomic E-state index is -3.26. The van der Waals surface area contributed by atoms with E-state index in [1.165, 1.54) is 56.8 Å². The third-order valence-electron chi connectivity index (χ3n) is 7.11. The van der Waals surface area contributed by atoms with Crippen LogP contribution in [0.2, 0.25) is 0 Å². The summed E-state index contributed by atoms with van der Waals surface area (Å²) in [5.41, 5.74) is -4.70. The van der Waals surface area contributed by atoms with Crippen LogP contribution in [0.5, 0.6) is 17.4 Å². The summed E-state index contributed by atoms with van der Waals surface area (Å²) in [6.45, 7) is 3.51. The van der Waals surface area contributed by atoms with E-state index in [1.807, 2.05) is 0 Å². The third-order valence-corrected chi connectivity index (χ3v) is 7.11. The Morgan fingerprint density at radius 3 is 2.10 bits per heavy atom. The number of carbonyl (C=O) groups is 2. The van der Waals surface area contributed by atoms with Crippen molar-refractivity contribution in [3.8, 4) is 28.5 Å². The molecule has 0 aliphatic carbocycles. The fraction of sp³-hybridized carbons (Fsp3) is 0.250. The van der Waals surface area contributed by atoms with Gasteiger partial charge in [0, 0.05) is 13.1 Å². The number of nitrogens with zero attached hydrogens (tertiary/aromatic N) is 3. The van der Waals surface area contributed by atoms with Gasteiger partial charge < -0.3 is 18.9 Å². The van der Waals surface area contributed by atoms with Crippen molar-refractivity contribution >= 4 is 23.2 Å². The highest BCUT2D eigenvalue weighted by molar-refractivity contribution is 6.22. The fourth-order valence-electron chi connectivity index (χ4n) is 4.87. The molecule has 0 aliphatic rings. The Kier molecular flexibility index (Phi) is 10.2. The number of benzene rings is 3. The second-order valence-corrected chi connectivity index (χ2v) is 12.3. The van der Waals surface area contributed by atoms with E-state index in [0.29, 0.717) is 18.2 Å². The molecule has 0 atom stereocenters. The van der Waals surface area contributed by atoms with Crippen LogP contribution in [0.4, 0.5) is 36.8 Å². The largest absolute Gasteiger partial charge is 0.497 e. The highest BCUT2D eigenvalue weighted by atomic mass is 19.3. The number of hydrogen-bond donors (Lipinski definition) is 0. The molecule has 0 saturated heterocycles. The van der Waals surface area contributed by atoms with Crippen molar-refractivity contribution in [1.29, 1.82) is 0 Å². The number of fused-ring (bicyclic) bond motifs is 1. The smallest absolute Gasteiger partial charge is 0.422 e. The van der Waals surface area contributed by atoms with Crippen molar-refractivity contribution in [2.24, 2.45) is 0 Å². The van der Waals surface area contributed by atoms with Gasteiger partial charge in [0.25, 0.3) is 11.8 Å². The van der Waals surface area contributed by atoms with Crippen molar-refractivity contribution in [3.63, 3.8) is 0 Å². The zero-order valence-electron chi connectivity index (χ0n) is 27.9. The highest BCUT2D eigenvalue weighted by Crippen LogP contribution is 2.39. The van der Waals surface area contributed by atoms with Gasteiger partial charge in [0.15, 0.2) is 29.9 Å². The molecule has 268 valence electrons. The van der Waals surface area contributed by atoms with Crippen LogP contribution in [-0.2, 0) is 11.3 Å². The van der Waals surface area contributed by atoms with Gasteiger partial charge in [-0.1, -0.05) is 30.3 Å². The number of pyridine rings is 1. The van der Waals surface area contributed by atoms with Crippen molar-refractivity contribution in [2.75, 3.05) is 18.6 Å². The van der Waals surface area contributed by atoms with Gasteiger partial charge in [-0.25, -0.2) is 40.6 Å². The zero-order chi connectivity index (χ0) is 37.2. The van der Waals surface area contributed by atoms with Gasteiger partial charge in [-0.2, -0.15) is 0 Å². The molecule has 3 aromatic carbocycles. The molecular weight excluding hydrogens is 684 g/mol. The van der Waals surface area contributed by atoms with Gasteiger partial charge in [-0.15, -0.1) is 5.10 Å². The molecule has 0 aliphatic heterocycles. The lowest BCUT2D eigenvalue weighted by molar-refractivity contribution is -0.0229. The first-order valence-electron chi connectivity index (χ1n) is 15.3. The van der Waals surface area contributed by atoms with E-state index in [4.69, 9.17) is 18.9 Å².